The molecule has 0 unspecified atom stereocenters. The number of imide groups is 1. The second-order valence-electron chi connectivity index (χ2n) is 6.74. The van der Waals surface area contributed by atoms with Crippen molar-refractivity contribution in [2.45, 2.75) is 18.9 Å². The lowest BCUT2D eigenvalue weighted by atomic mass is 10.1. The number of halogens is 1. The lowest BCUT2D eigenvalue weighted by Crippen LogP contribution is -2.41. The quantitative estimate of drug-likeness (QED) is 0.608. The summed E-state index contributed by atoms with van der Waals surface area (Å²) in [5.74, 6) is -0.778. The van der Waals surface area contributed by atoms with Gasteiger partial charge in [-0.2, -0.15) is 0 Å². The Morgan fingerprint density at radius 2 is 1.83 bits per heavy atom. The van der Waals surface area contributed by atoms with Crippen molar-refractivity contribution >= 4 is 46.5 Å². The van der Waals surface area contributed by atoms with Crippen LogP contribution >= 0.6 is 23.4 Å². The van der Waals surface area contributed by atoms with E-state index < -0.39 is 17.2 Å². The largest absolute Gasteiger partial charge is 0.394 e. The molecule has 1 atom stereocenters. The van der Waals surface area contributed by atoms with Gasteiger partial charge in [-0.25, -0.2) is 0 Å². The molecule has 1 heterocycles. The number of hydrogen-bond donors (Lipinski definition) is 2. The van der Waals surface area contributed by atoms with Crippen LogP contribution in [0.25, 0.3) is 6.08 Å². The Bertz CT molecular complexity index is 965. The summed E-state index contributed by atoms with van der Waals surface area (Å²) in [7, 11) is 0. The molecule has 1 aliphatic rings. The number of nitrogens with one attached hydrogen (secondary N) is 1. The maximum absolute atomic E-state index is 12.6. The highest BCUT2D eigenvalue weighted by molar-refractivity contribution is 8.18. The fraction of sp³-hybridized carbons (Fsp3) is 0.227. The Morgan fingerprint density at radius 1 is 1.13 bits per heavy atom. The first-order valence-corrected chi connectivity index (χ1v) is 10.6. The molecule has 8 heteroatoms. The number of thioether (sulfide) groups is 1. The SMILES string of the molecule is O=C(CCN1C(=O)SC(=Cc2ccccc2Cl)C1=O)N[C@@H](CO)Cc1ccccc1. The van der Waals surface area contributed by atoms with Gasteiger partial charge in [0, 0.05) is 18.0 Å². The van der Waals surface area contributed by atoms with Gasteiger partial charge in [0.1, 0.15) is 0 Å². The summed E-state index contributed by atoms with van der Waals surface area (Å²) in [5, 5.41) is 12.4. The highest BCUT2D eigenvalue weighted by Crippen LogP contribution is 2.33. The molecule has 156 valence electrons. The highest BCUT2D eigenvalue weighted by Gasteiger charge is 2.35. The molecule has 0 bridgehead atoms. The van der Waals surface area contributed by atoms with Crippen molar-refractivity contribution < 1.29 is 19.5 Å². The first-order chi connectivity index (χ1) is 14.5. The summed E-state index contributed by atoms with van der Waals surface area (Å²) in [4.78, 5) is 38.4. The maximum atomic E-state index is 12.6. The standard InChI is InChI=1S/C22H21ClN2O4S/c23-18-9-5-4-8-16(18)13-19-21(28)25(22(29)30-19)11-10-20(27)24-17(14-26)12-15-6-2-1-3-7-15/h1-9,13,17,26H,10-12,14H2,(H,24,27)/t17-/m1/s1. The van der Waals surface area contributed by atoms with E-state index in [2.05, 4.69) is 5.32 Å². The van der Waals surface area contributed by atoms with E-state index in [4.69, 9.17) is 11.6 Å². The molecule has 3 amide bonds. The summed E-state index contributed by atoms with van der Waals surface area (Å²) in [6.07, 6.45) is 2.03. The first-order valence-electron chi connectivity index (χ1n) is 9.42. The fourth-order valence-electron chi connectivity index (χ4n) is 3.00. The van der Waals surface area contributed by atoms with Crippen molar-refractivity contribution in [1.29, 1.82) is 0 Å². The monoisotopic (exact) mass is 444 g/mol. The normalized spacial score (nSPS) is 16.2. The van der Waals surface area contributed by atoms with E-state index in [9.17, 15) is 19.5 Å². The van der Waals surface area contributed by atoms with Crippen molar-refractivity contribution in [3.8, 4) is 0 Å². The van der Waals surface area contributed by atoms with E-state index in [1.165, 1.54) is 0 Å². The van der Waals surface area contributed by atoms with Crippen LogP contribution in [0.2, 0.25) is 5.02 Å². The van der Waals surface area contributed by atoms with Crippen molar-refractivity contribution in [2.24, 2.45) is 0 Å². The number of carbonyl (C=O) groups is 3. The number of nitrogens with zero attached hydrogens (tertiary/aromatic N) is 1. The van der Waals surface area contributed by atoms with Crippen LogP contribution in [-0.2, 0) is 16.0 Å². The first kappa shape index (κ1) is 22.1. The number of amides is 3. The van der Waals surface area contributed by atoms with E-state index in [-0.39, 0.29) is 30.4 Å². The summed E-state index contributed by atoms with van der Waals surface area (Å²) in [5.41, 5.74) is 1.64. The predicted molar refractivity (Wildman–Crippen MR) is 118 cm³/mol. The van der Waals surface area contributed by atoms with E-state index >= 15 is 0 Å². The Balaban J connectivity index is 1.56. The third-order valence-electron chi connectivity index (χ3n) is 4.54. The molecule has 0 aliphatic carbocycles. The summed E-state index contributed by atoms with van der Waals surface area (Å²) in [6.45, 7) is -0.234. The summed E-state index contributed by atoms with van der Waals surface area (Å²) >= 11 is 6.93. The molecule has 1 aliphatic heterocycles. The van der Waals surface area contributed by atoms with Gasteiger partial charge in [0.15, 0.2) is 0 Å². The van der Waals surface area contributed by atoms with Crippen molar-refractivity contribution in [1.82, 2.24) is 10.2 Å². The molecule has 0 spiro atoms. The Hall–Kier alpha value is -2.61. The van der Waals surface area contributed by atoms with Crippen LogP contribution in [-0.4, -0.2) is 46.3 Å². The number of aliphatic hydroxyl groups is 1. The zero-order valence-corrected chi connectivity index (χ0v) is 17.7. The van der Waals surface area contributed by atoms with Crippen LogP contribution in [0.4, 0.5) is 4.79 Å². The van der Waals surface area contributed by atoms with Crippen LogP contribution in [0.1, 0.15) is 17.5 Å². The lowest BCUT2D eigenvalue weighted by molar-refractivity contribution is -0.124. The molecule has 2 aromatic rings. The van der Waals surface area contributed by atoms with Crippen LogP contribution < -0.4 is 5.32 Å². The second-order valence-corrected chi connectivity index (χ2v) is 8.14. The molecule has 3 rings (SSSR count). The molecule has 1 fully saturated rings. The molecule has 0 aromatic heterocycles. The Morgan fingerprint density at radius 3 is 2.53 bits per heavy atom. The highest BCUT2D eigenvalue weighted by atomic mass is 35.5. The van der Waals surface area contributed by atoms with E-state index in [0.29, 0.717) is 17.0 Å². The topological polar surface area (TPSA) is 86.7 Å². The van der Waals surface area contributed by atoms with Crippen LogP contribution in [0, 0.1) is 0 Å². The molecule has 1 saturated heterocycles. The average molecular weight is 445 g/mol. The maximum Gasteiger partial charge on any atom is 0.293 e. The number of hydrogen-bond acceptors (Lipinski definition) is 5. The zero-order chi connectivity index (χ0) is 21.5. The molecule has 2 N–H and O–H groups in total. The number of aliphatic hydroxyl groups excluding tert-OH is 1. The molecular formula is C22H21ClN2O4S. The Kier molecular flexibility index (Phi) is 7.68. The molecule has 0 saturated carbocycles. The minimum Gasteiger partial charge on any atom is -0.394 e. The summed E-state index contributed by atoms with van der Waals surface area (Å²) in [6, 6.07) is 16.1. The predicted octanol–water partition coefficient (Wildman–Crippen LogP) is 3.49. The van der Waals surface area contributed by atoms with E-state index in [1.54, 1.807) is 30.3 Å². The lowest BCUT2D eigenvalue weighted by Gasteiger charge is -2.18. The van der Waals surface area contributed by atoms with Gasteiger partial charge in [-0.1, -0.05) is 60.1 Å². The number of carbonyl (C=O) groups excluding carboxylic acids is 3. The minimum atomic E-state index is -0.444. The van der Waals surface area contributed by atoms with Gasteiger partial charge in [-0.05, 0) is 41.5 Å². The van der Waals surface area contributed by atoms with Gasteiger partial charge in [0.05, 0.1) is 17.6 Å². The molecule has 0 radical (unpaired) electrons. The second kappa shape index (κ2) is 10.4. The number of rotatable bonds is 8. The van der Waals surface area contributed by atoms with Crippen molar-refractivity contribution in [2.75, 3.05) is 13.2 Å². The van der Waals surface area contributed by atoms with Gasteiger partial charge in [-0.15, -0.1) is 0 Å². The molecule has 30 heavy (non-hydrogen) atoms. The minimum absolute atomic E-state index is 0.0279. The van der Waals surface area contributed by atoms with Gasteiger partial charge in [0.2, 0.25) is 5.91 Å². The van der Waals surface area contributed by atoms with Crippen molar-refractivity contribution in [3.63, 3.8) is 0 Å². The fourth-order valence-corrected chi connectivity index (χ4v) is 4.05. The molecular weight excluding hydrogens is 424 g/mol. The van der Waals surface area contributed by atoms with Crippen LogP contribution in [0.3, 0.4) is 0 Å². The molecule has 6 nitrogen and oxygen atoms in total. The van der Waals surface area contributed by atoms with Crippen molar-refractivity contribution in [3.05, 3.63) is 75.7 Å². The third-order valence-corrected chi connectivity index (χ3v) is 5.79. The average Bonchev–Trinajstić information content (AvgIpc) is 3.01. The number of benzene rings is 2. The van der Waals surface area contributed by atoms with Gasteiger partial charge in [-0.3, -0.25) is 19.3 Å². The summed E-state index contributed by atoms with van der Waals surface area (Å²) < 4.78 is 0. The molecule has 2 aromatic carbocycles. The van der Waals surface area contributed by atoms with Gasteiger partial charge in [0.25, 0.3) is 11.1 Å². The zero-order valence-electron chi connectivity index (χ0n) is 16.1. The van der Waals surface area contributed by atoms with Crippen LogP contribution in [0.5, 0.6) is 0 Å². The van der Waals surface area contributed by atoms with Gasteiger partial charge < -0.3 is 10.4 Å². The Labute approximate surface area is 183 Å². The smallest absolute Gasteiger partial charge is 0.293 e. The van der Waals surface area contributed by atoms with Crippen LogP contribution in [0.15, 0.2) is 59.5 Å². The van der Waals surface area contributed by atoms with E-state index in [1.807, 2.05) is 30.3 Å². The van der Waals surface area contributed by atoms with E-state index in [0.717, 1.165) is 22.2 Å². The van der Waals surface area contributed by atoms with Gasteiger partial charge >= 0.3 is 0 Å². The third kappa shape index (κ3) is 5.72.